The zero-order chi connectivity index (χ0) is 14.6. The predicted molar refractivity (Wildman–Crippen MR) is 78.9 cm³/mol. The van der Waals surface area contributed by atoms with Crippen LogP contribution in [0.2, 0.25) is 0 Å². The quantitative estimate of drug-likeness (QED) is 0.677. The number of aromatic amines is 1. The molecule has 0 aliphatic heterocycles. The highest BCUT2D eigenvalue weighted by Crippen LogP contribution is 2.46. The van der Waals surface area contributed by atoms with Crippen molar-refractivity contribution in [1.82, 2.24) is 15.0 Å². The van der Waals surface area contributed by atoms with Crippen LogP contribution >= 0.6 is 0 Å². The molecule has 2 aromatic rings. The number of hydrogen-bond donors (Lipinski definition) is 4. The number of aliphatic hydroxyl groups is 2. The van der Waals surface area contributed by atoms with E-state index in [0.717, 1.165) is 36.1 Å². The first-order chi connectivity index (χ1) is 10.2. The van der Waals surface area contributed by atoms with Gasteiger partial charge in [0.25, 0.3) is 0 Å². The number of nitrogens with zero attached hydrogens (tertiary/aromatic N) is 2. The largest absolute Gasteiger partial charge is 0.390 e. The highest BCUT2D eigenvalue weighted by molar-refractivity contribution is 5.90. The third kappa shape index (κ3) is 1.86. The van der Waals surface area contributed by atoms with Crippen molar-refractivity contribution in [2.75, 3.05) is 5.32 Å². The standard InChI is InChI=1S/C15H20N4O2/c1-2-7-5-16-14-11(7)15(18-6-17-14)19-10-4-8-3-9(10)13(21)12(8)20/h5-6,8-10,12-13,20-21H,2-4H2,1H3,(H2,16,17,18,19). The van der Waals surface area contributed by atoms with E-state index in [1.165, 1.54) is 5.56 Å². The average molecular weight is 288 g/mol. The lowest BCUT2D eigenvalue weighted by atomic mass is 9.90. The molecule has 0 spiro atoms. The SMILES string of the molecule is CCc1c[nH]c2ncnc(NC3CC4CC3C(O)C4O)c12. The predicted octanol–water partition coefficient (Wildman–Crippen LogP) is 1.06. The van der Waals surface area contributed by atoms with Crippen molar-refractivity contribution in [3.8, 4) is 0 Å². The van der Waals surface area contributed by atoms with Crippen molar-refractivity contribution in [2.24, 2.45) is 11.8 Å². The first kappa shape index (κ1) is 13.0. The molecule has 2 aromatic heterocycles. The van der Waals surface area contributed by atoms with Crippen molar-refractivity contribution < 1.29 is 10.2 Å². The van der Waals surface area contributed by atoms with E-state index in [4.69, 9.17) is 0 Å². The molecule has 6 nitrogen and oxygen atoms in total. The van der Waals surface area contributed by atoms with Gasteiger partial charge in [0.1, 0.15) is 17.8 Å². The zero-order valence-corrected chi connectivity index (χ0v) is 12.0. The highest BCUT2D eigenvalue weighted by Gasteiger charge is 2.51. The number of aromatic nitrogens is 3. The minimum absolute atomic E-state index is 0.110. The van der Waals surface area contributed by atoms with Crippen LogP contribution in [0, 0.1) is 11.8 Å². The first-order valence-electron chi connectivity index (χ1n) is 7.62. The second kappa shape index (κ2) is 4.68. The van der Waals surface area contributed by atoms with E-state index in [-0.39, 0.29) is 17.9 Å². The lowest BCUT2D eigenvalue weighted by molar-refractivity contribution is -0.0195. The lowest BCUT2D eigenvalue weighted by Crippen LogP contribution is -2.42. The summed E-state index contributed by atoms with van der Waals surface area (Å²) >= 11 is 0. The van der Waals surface area contributed by atoms with Crippen LogP contribution in [0.25, 0.3) is 11.0 Å². The fourth-order valence-electron chi connectivity index (χ4n) is 4.06. The van der Waals surface area contributed by atoms with Crippen molar-refractivity contribution in [3.63, 3.8) is 0 Å². The molecule has 21 heavy (non-hydrogen) atoms. The van der Waals surface area contributed by atoms with Crippen LogP contribution in [-0.2, 0) is 6.42 Å². The summed E-state index contributed by atoms with van der Waals surface area (Å²) in [5.41, 5.74) is 2.03. The molecule has 2 fully saturated rings. The van der Waals surface area contributed by atoms with Crippen LogP contribution in [-0.4, -0.2) is 43.4 Å². The average Bonchev–Trinajstić information content (AvgIpc) is 3.15. The van der Waals surface area contributed by atoms with Crippen molar-refractivity contribution in [1.29, 1.82) is 0 Å². The Labute approximate surface area is 122 Å². The molecule has 0 radical (unpaired) electrons. The minimum atomic E-state index is -0.615. The van der Waals surface area contributed by atoms with Gasteiger partial charge in [0, 0.05) is 18.2 Å². The molecule has 2 aliphatic carbocycles. The smallest absolute Gasteiger partial charge is 0.143 e. The second-order valence-corrected chi connectivity index (χ2v) is 6.24. The van der Waals surface area contributed by atoms with Crippen LogP contribution in [0.5, 0.6) is 0 Å². The van der Waals surface area contributed by atoms with Gasteiger partial charge in [0.15, 0.2) is 0 Å². The van der Waals surface area contributed by atoms with Gasteiger partial charge in [0.05, 0.1) is 17.6 Å². The maximum absolute atomic E-state index is 10.1. The van der Waals surface area contributed by atoms with Gasteiger partial charge in [-0.25, -0.2) is 9.97 Å². The Morgan fingerprint density at radius 3 is 2.86 bits per heavy atom. The summed E-state index contributed by atoms with van der Waals surface area (Å²) in [6, 6.07) is 0.172. The Hall–Kier alpha value is -1.66. The molecular weight excluding hydrogens is 268 g/mol. The topological polar surface area (TPSA) is 94.1 Å². The summed E-state index contributed by atoms with van der Waals surface area (Å²) in [6.07, 6.45) is 5.05. The van der Waals surface area contributed by atoms with E-state index in [0.29, 0.717) is 0 Å². The maximum atomic E-state index is 10.1. The molecular formula is C15H20N4O2. The third-order valence-electron chi connectivity index (χ3n) is 5.17. The van der Waals surface area contributed by atoms with Gasteiger partial charge in [-0.15, -0.1) is 0 Å². The van der Waals surface area contributed by atoms with E-state index in [1.807, 2.05) is 6.20 Å². The molecule has 2 saturated carbocycles. The Bertz CT molecular complexity index is 669. The maximum Gasteiger partial charge on any atom is 0.143 e. The highest BCUT2D eigenvalue weighted by atomic mass is 16.3. The molecule has 4 N–H and O–H groups in total. The first-order valence-corrected chi connectivity index (χ1v) is 7.62. The number of hydrogen-bond acceptors (Lipinski definition) is 5. The molecule has 5 unspecified atom stereocenters. The molecule has 112 valence electrons. The van der Waals surface area contributed by atoms with Crippen LogP contribution in [0.15, 0.2) is 12.5 Å². The van der Waals surface area contributed by atoms with E-state index in [1.54, 1.807) is 6.33 Å². The summed E-state index contributed by atoms with van der Waals surface area (Å²) < 4.78 is 0. The van der Waals surface area contributed by atoms with Crippen LogP contribution < -0.4 is 5.32 Å². The number of aliphatic hydroxyl groups excluding tert-OH is 2. The summed E-state index contributed by atoms with van der Waals surface area (Å²) in [4.78, 5) is 11.8. The van der Waals surface area contributed by atoms with Gasteiger partial charge in [-0.1, -0.05) is 6.92 Å². The van der Waals surface area contributed by atoms with Crippen LogP contribution in [0.1, 0.15) is 25.3 Å². The van der Waals surface area contributed by atoms with E-state index >= 15 is 0 Å². The lowest BCUT2D eigenvalue weighted by Gasteiger charge is -2.30. The molecule has 5 atom stereocenters. The molecule has 0 amide bonds. The van der Waals surface area contributed by atoms with Crippen molar-refractivity contribution in [2.45, 2.75) is 44.4 Å². The van der Waals surface area contributed by atoms with Crippen molar-refractivity contribution in [3.05, 3.63) is 18.1 Å². The minimum Gasteiger partial charge on any atom is -0.390 e. The fourth-order valence-corrected chi connectivity index (χ4v) is 4.06. The third-order valence-corrected chi connectivity index (χ3v) is 5.17. The van der Waals surface area contributed by atoms with Crippen LogP contribution in [0.3, 0.4) is 0 Å². The van der Waals surface area contributed by atoms with Crippen LogP contribution in [0.4, 0.5) is 5.82 Å². The number of anilines is 1. The zero-order valence-electron chi connectivity index (χ0n) is 12.0. The second-order valence-electron chi connectivity index (χ2n) is 6.24. The van der Waals surface area contributed by atoms with E-state index in [9.17, 15) is 10.2 Å². The Kier molecular flexibility index (Phi) is 2.90. The van der Waals surface area contributed by atoms with Gasteiger partial charge in [0.2, 0.25) is 0 Å². The van der Waals surface area contributed by atoms with E-state index in [2.05, 4.69) is 27.2 Å². The summed E-state index contributed by atoms with van der Waals surface area (Å²) in [6.45, 7) is 2.11. The molecule has 2 aliphatic rings. The Morgan fingerprint density at radius 2 is 2.14 bits per heavy atom. The normalized spacial score (nSPS) is 34.7. The van der Waals surface area contributed by atoms with Gasteiger partial charge in [-0.05, 0) is 30.7 Å². The van der Waals surface area contributed by atoms with Gasteiger partial charge in [-0.2, -0.15) is 0 Å². The molecule has 2 heterocycles. The Balaban J connectivity index is 1.65. The molecule has 4 rings (SSSR count). The number of aryl methyl sites for hydroxylation is 1. The Morgan fingerprint density at radius 1 is 1.29 bits per heavy atom. The van der Waals surface area contributed by atoms with Crippen molar-refractivity contribution >= 4 is 16.9 Å². The summed E-state index contributed by atoms with van der Waals surface area (Å²) in [5, 5.41) is 24.5. The fraction of sp³-hybridized carbons (Fsp3) is 0.600. The monoisotopic (exact) mass is 288 g/mol. The van der Waals surface area contributed by atoms with Gasteiger partial charge >= 0.3 is 0 Å². The number of fused-ring (bicyclic) bond motifs is 3. The molecule has 0 aromatic carbocycles. The molecule has 0 saturated heterocycles. The summed E-state index contributed by atoms with van der Waals surface area (Å²) in [5.74, 6) is 1.15. The number of rotatable bonds is 3. The van der Waals surface area contributed by atoms with E-state index < -0.39 is 12.2 Å². The molecule has 6 heteroatoms. The number of H-pyrrole nitrogens is 1. The van der Waals surface area contributed by atoms with Gasteiger partial charge < -0.3 is 20.5 Å². The molecule has 2 bridgehead atoms. The van der Waals surface area contributed by atoms with Gasteiger partial charge in [-0.3, -0.25) is 0 Å². The number of nitrogens with one attached hydrogen (secondary N) is 2. The summed E-state index contributed by atoms with van der Waals surface area (Å²) in [7, 11) is 0.